The van der Waals surface area contributed by atoms with Gasteiger partial charge in [0.05, 0.1) is 11.6 Å². The highest BCUT2D eigenvalue weighted by molar-refractivity contribution is 5.95. The molecule has 7 heteroatoms. The molecule has 3 N–H and O–H groups in total. The maximum Gasteiger partial charge on any atom is 0.416 e. The van der Waals surface area contributed by atoms with Crippen LogP contribution < -0.4 is 16.0 Å². The minimum Gasteiger partial charge on any atom is -0.325 e. The van der Waals surface area contributed by atoms with Gasteiger partial charge in [0.1, 0.15) is 0 Å². The summed E-state index contributed by atoms with van der Waals surface area (Å²) in [5.41, 5.74) is -0.384. The summed E-state index contributed by atoms with van der Waals surface area (Å²) in [6.45, 7) is 3.16. The van der Waals surface area contributed by atoms with Crippen LogP contribution in [0.1, 0.15) is 12.5 Å². The van der Waals surface area contributed by atoms with Gasteiger partial charge in [-0.3, -0.25) is 4.79 Å². The number of piperazine rings is 1. The maximum absolute atomic E-state index is 12.4. The number of halogens is 3. The van der Waals surface area contributed by atoms with Crippen LogP contribution in [0.15, 0.2) is 24.3 Å². The van der Waals surface area contributed by atoms with Gasteiger partial charge in [0.2, 0.25) is 5.91 Å². The van der Waals surface area contributed by atoms with Crippen molar-refractivity contribution in [2.75, 3.05) is 18.4 Å². The van der Waals surface area contributed by atoms with E-state index >= 15 is 0 Å². The average Bonchev–Trinajstić information content (AvgIpc) is 2.39. The molecule has 1 aliphatic heterocycles. The number of carbonyl (C=O) groups excluding carboxylic acids is 1. The zero-order chi connectivity index (χ0) is 14.8. The monoisotopic (exact) mass is 287 g/mol. The summed E-state index contributed by atoms with van der Waals surface area (Å²) in [5.74, 6) is -0.260. The summed E-state index contributed by atoms with van der Waals surface area (Å²) < 4.78 is 37.2. The second-order valence-corrected chi connectivity index (χ2v) is 4.83. The molecule has 2 atom stereocenters. The van der Waals surface area contributed by atoms with E-state index in [4.69, 9.17) is 0 Å². The van der Waals surface area contributed by atoms with Gasteiger partial charge < -0.3 is 16.0 Å². The van der Waals surface area contributed by atoms with Crippen molar-refractivity contribution in [3.63, 3.8) is 0 Å². The molecular formula is C13H16F3N3O. The normalized spacial score (nSPS) is 23.4. The molecule has 0 aliphatic carbocycles. The van der Waals surface area contributed by atoms with Crippen LogP contribution >= 0.6 is 0 Å². The number of rotatable bonds is 2. The minimum absolute atomic E-state index is 0.260. The summed E-state index contributed by atoms with van der Waals surface area (Å²) in [6.07, 6.45) is -4.37. The number of hydrogen-bond donors (Lipinski definition) is 3. The van der Waals surface area contributed by atoms with E-state index < -0.39 is 11.7 Å². The van der Waals surface area contributed by atoms with Crippen molar-refractivity contribution in [1.82, 2.24) is 10.6 Å². The molecule has 1 aliphatic rings. The molecule has 0 aromatic heterocycles. The van der Waals surface area contributed by atoms with Gasteiger partial charge in [-0.05, 0) is 31.2 Å². The highest BCUT2D eigenvalue weighted by atomic mass is 19.4. The highest BCUT2D eigenvalue weighted by Gasteiger charge is 2.30. The highest BCUT2D eigenvalue weighted by Crippen LogP contribution is 2.29. The molecule has 0 radical (unpaired) electrons. The molecule has 1 amide bonds. The van der Waals surface area contributed by atoms with Crippen molar-refractivity contribution in [2.24, 2.45) is 0 Å². The Balaban J connectivity index is 1.94. The summed E-state index contributed by atoms with van der Waals surface area (Å²) in [7, 11) is 0. The number of hydrogen-bond acceptors (Lipinski definition) is 3. The quantitative estimate of drug-likeness (QED) is 0.774. The van der Waals surface area contributed by atoms with Gasteiger partial charge in [0, 0.05) is 24.8 Å². The van der Waals surface area contributed by atoms with Gasteiger partial charge in [-0.25, -0.2) is 0 Å². The molecule has 20 heavy (non-hydrogen) atoms. The van der Waals surface area contributed by atoms with Crippen LogP contribution in [-0.4, -0.2) is 31.1 Å². The Morgan fingerprint density at radius 3 is 2.35 bits per heavy atom. The first kappa shape index (κ1) is 14.8. The smallest absolute Gasteiger partial charge is 0.325 e. The van der Waals surface area contributed by atoms with Crippen LogP contribution in [0.3, 0.4) is 0 Å². The fourth-order valence-corrected chi connectivity index (χ4v) is 1.94. The number of anilines is 1. The Bertz CT molecular complexity index is 465. The van der Waals surface area contributed by atoms with E-state index in [1.54, 1.807) is 0 Å². The number of nitrogens with one attached hydrogen (secondary N) is 3. The van der Waals surface area contributed by atoms with E-state index in [-0.39, 0.29) is 11.9 Å². The lowest BCUT2D eigenvalue weighted by Crippen LogP contribution is -2.57. The fourth-order valence-electron chi connectivity index (χ4n) is 1.94. The van der Waals surface area contributed by atoms with Crippen molar-refractivity contribution >= 4 is 11.6 Å². The first-order chi connectivity index (χ1) is 9.36. The lowest BCUT2D eigenvalue weighted by molar-refractivity contribution is -0.137. The van der Waals surface area contributed by atoms with Crippen LogP contribution in [0.4, 0.5) is 18.9 Å². The standard InChI is InChI=1S/C13H16F3N3O/c1-8-6-18-11(7-17-8)12(20)19-10-4-2-9(3-5-10)13(14,15)16/h2-5,8,11,17-18H,6-7H2,1H3,(H,19,20). The van der Waals surface area contributed by atoms with Crippen molar-refractivity contribution in [2.45, 2.75) is 25.2 Å². The number of alkyl halides is 3. The van der Waals surface area contributed by atoms with Crippen LogP contribution in [0.25, 0.3) is 0 Å². The third kappa shape index (κ3) is 3.71. The van der Waals surface area contributed by atoms with E-state index in [2.05, 4.69) is 16.0 Å². The molecule has 1 saturated heterocycles. The van der Waals surface area contributed by atoms with Crippen molar-refractivity contribution in [3.05, 3.63) is 29.8 Å². The molecule has 2 unspecified atom stereocenters. The Hall–Kier alpha value is -1.60. The second kappa shape index (κ2) is 5.80. The Morgan fingerprint density at radius 2 is 1.85 bits per heavy atom. The summed E-state index contributed by atoms with van der Waals surface area (Å²) >= 11 is 0. The SMILES string of the molecule is CC1CNC(C(=O)Nc2ccc(C(F)(F)F)cc2)CN1. The van der Waals surface area contributed by atoms with E-state index in [0.717, 1.165) is 12.1 Å². The van der Waals surface area contributed by atoms with Crippen molar-refractivity contribution in [3.8, 4) is 0 Å². The van der Waals surface area contributed by atoms with E-state index in [1.165, 1.54) is 12.1 Å². The third-order valence-corrected chi connectivity index (χ3v) is 3.14. The minimum atomic E-state index is -4.37. The van der Waals surface area contributed by atoms with Gasteiger partial charge in [0.25, 0.3) is 0 Å². The lowest BCUT2D eigenvalue weighted by Gasteiger charge is -2.28. The summed E-state index contributed by atoms with van der Waals surface area (Å²) in [5, 5.41) is 8.82. The zero-order valence-corrected chi connectivity index (χ0v) is 10.9. The van der Waals surface area contributed by atoms with Crippen molar-refractivity contribution < 1.29 is 18.0 Å². The van der Waals surface area contributed by atoms with Crippen LogP contribution in [0, 0.1) is 0 Å². The van der Waals surface area contributed by atoms with Crippen LogP contribution in [0.2, 0.25) is 0 Å². The molecule has 2 rings (SSSR count). The molecule has 0 spiro atoms. The maximum atomic E-state index is 12.4. The van der Waals surface area contributed by atoms with E-state index in [9.17, 15) is 18.0 Å². The third-order valence-electron chi connectivity index (χ3n) is 3.14. The molecule has 1 aromatic rings. The number of amides is 1. The van der Waals surface area contributed by atoms with Gasteiger partial charge in [-0.2, -0.15) is 13.2 Å². The molecule has 4 nitrogen and oxygen atoms in total. The Labute approximate surface area is 114 Å². The van der Waals surface area contributed by atoms with E-state index in [1.807, 2.05) is 6.92 Å². The predicted molar refractivity (Wildman–Crippen MR) is 69.3 cm³/mol. The molecule has 0 bridgehead atoms. The molecule has 110 valence electrons. The second-order valence-electron chi connectivity index (χ2n) is 4.83. The summed E-state index contributed by atoms with van der Waals surface area (Å²) in [6, 6.07) is 4.31. The Morgan fingerprint density at radius 1 is 1.20 bits per heavy atom. The molecule has 0 saturated carbocycles. The molecular weight excluding hydrogens is 271 g/mol. The van der Waals surface area contributed by atoms with Gasteiger partial charge in [-0.1, -0.05) is 0 Å². The predicted octanol–water partition coefficient (Wildman–Crippen LogP) is 1.59. The zero-order valence-electron chi connectivity index (χ0n) is 10.9. The molecule has 1 fully saturated rings. The first-order valence-corrected chi connectivity index (χ1v) is 6.31. The fraction of sp³-hybridized carbons (Fsp3) is 0.462. The number of carbonyl (C=O) groups is 1. The van der Waals surface area contributed by atoms with E-state index in [0.29, 0.717) is 24.8 Å². The lowest BCUT2D eigenvalue weighted by atomic mass is 10.1. The van der Waals surface area contributed by atoms with Crippen molar-refractivity contribution in [1.29, 1.82) is 0 Å². The molecule has 1 heterocycles. The van der Waals surface area contributed by atoms with Crippen LogP contribution in [0.5, 0.6) is 0 Å². The average molecular weight is 287 g/mol. The van der Waals surface area contributed by atoms with Crippen LogP contribution in [-0.2, 0) is 11.0 Å². The van der Waals surface area contributed by atoms with Gasteiger partial charge in [-0.15, -0.1) is 0 Å². The Kier molecular flexibility index (Phi) is 4.29. The van der Waals surface area contributed by atoms with Gasteiger partial charge in [0.15, 0.2) is 0 Å². The largest absolute Gasteiger partial charge is 0.416 e. The van der Waals surface area contributed by atoms with Gasteiger partial charge >= 0.3 is 6.18 Å². The first-order valence-electron chi connectivity index (χ1n) is 6.31. The number of benzene rings is 1. The molecule has 1 aromatic carbocycles. The topological polar surface area (TPSA) is 53.2 Å². The summed E-state index contributed by atoms with van der Waals surface area (Å²) in [4.78, 5) is 11.9.